The van der Waals surface area contributed by atoms with Gasteiger partial charge in [-0.05, 0) is 30.8 Å². The Morgan fingerprint density at radius 1 is 1.12 bits per heavy atom. The van der Waals surface area contributed by atoms with Crippen LogP contribution in [0, 0.1) is 0 Å². The van der Waals surface area contributed by atoms with E-state index in [1.54, 1.807) is 0 Å². The van der Waals surface area contributed by atoms with Gasteiger partial charge in [-0.3, -0.25) is 4.79 Å². The van der Waals surface area contributed by atoms with E-state index in [2.05, 4.69) is 16.0 Å². The maximum atomic E-state index is 12.0. The third kappa shape index (κ3) is 8.42. The van der Waals surface area contributed by atoms with Crippen LogP contribution in [-0.2, 0) is 4.79 Å². The van der Waals surface area contributed by atoms with Crippen LogP contribution in [0.3, 0.4) is 0 Å². The van der Waals surface area contributed by atoms with Crippen molar-refractivity contribution in [3.8, 4) is 0 Å². The molecular formula is C15H17Cl6N3OS. The van der Waals surface area contributed by atoms with Gasteiger partial charge in [0, 0.05) is 11.4 Å². The molecule has 146 valence electrons. The first kappa shape index (κ1) is 24.2. The van der Waals surface area contributed by atoms with Crippen LogP contribution in [0.4, 0.5) is 5.69 Å². The van der Waals surface area contributed by atoms with Crippen molar-refractivity contribution >= 4 is 98.5 Å². The number of benzene rings is 1. The van der Waals surface area contributed by atoms with Crippen LogP contribution in [0.15, 0.2) is 12.1 Å². The van der Waals surface area contributed by atoms with Crippen molar-refractivity contribution in [3.05, 3.63) is 27.2 Å². The zero-order valence-electron chi connectivity index (χ0n) is 13.6. The maximum Gasteiger partial charge on any atom is 0.228 e. The molecule has 1 aromatic carbocycles. The second kappa shape index (κ2) is 11.2. The normalized spacial score (nSPS) is 12.4. The van der Waals surface area contributed by atoms with Crippen molar-refractivity contribution in [1.29, 1.82) is 0 Å². The Bertz CT molecular complexity index is 630. The molecule has 0 aliphatic carbocycles. The van der Waals surface area contributed by atoms with E-state index in [1.807, 2.05) is 6.92 Å². The molecular weight excluding hydrogens is 483 g/mol. The highest BCUT2D eigenvalue weighted by atomic mass is 35.6. The number of thiocarbonyl (C=S) groups is 1. The number of halogens is 6. The van der Waals surface area contributed by atoms with Gasteiger partial charge < -0.3 is 16.0 Å². The van der Waals surface area contributed by atoms with Crippen LogP contribution in [0.1, 0.15) is 32.6 Å². The third-order valence-corrected chi connectivity index (χ3v) is 4.85. The smallest absolute Gasteiger partial charge is 0.228 e. The fraction of sp³-hybridized carbons (Fsp3) is 0.467. The summed E-state index contributed by atoms with van der Waals surface area (Å²) in [5.41, 5.74) is 0.340. The number of nitrogens with one attached hydrogen (secondary N) is 3. The largest absolute Gasteiger partial charge is 0.339 e. The summed E-state index contributed by atoms with van der Waals surface area (Å²) in [7, 11) is 0. The summed E-state index contributed by atoms with van der Waals surface area (Å²) in [5, 5.41) is 9.12. The Hall–Kier alpha value is 0.120. The first-order chi connectivity index (χ1) is 12.0. The van der Waals surface area contributed by atoms with Gasteiger partial charge in [-0.15, -0.1) is 0 Å². The zero-order valence-corrected chi connectivity index (χ0v) is 19.0. The number of carbonyl (C=O) groups is 1. The SMILES string of the molecule is CCCCCC(=O)N[C@H](NC(=S)Nc1c(Cl)cc(Cl)cc1Cl)C(Cl)(Cl)Cl. The molecule has 0 aromatic heterocycles. The number of rotatable bonds is 7. The van der Waals surface area contributed by atoms with Gasteiger partial charge in [0.15, 0.2) is 5.11 Å². The van der Waals surface area contributed by atoms with Gasteiger partial charge in [0.05, 0.1) is 15.7 Å². The summed E-state index contributed by atoms with van der Waals surface area (Å²) in [6.45, 7) is 2.04. The van der Waals surface area contributed by atoms with Crippen molar-refractivity contribution in [1.82, 2.24) is 10.6 Å². The van der Waals surface area contributed by atoms with Crippen LogP contribution >= 0.6 is 81.8 Å². The molecule has 0 unspecified atom stereocenters. The van der Waals surface area contributed by atoms with Gasteiger partial charge >= 0.3 is 0 Å². The minimum Gasteiger partial charge on any atom is -0.339 e. The van der Waals surface area contributed by atoms with Crippen LogP contribution < -0.4 is 16.0 Å². The Kier molecular flexibility index (Phi) is 10.4. The molecule has 0 fully saturated rings. The molecule has 0 saturated heterocycles. The minimum absolute atomic E-state index is 0.0568. The summed E-state index contributed by atoms with van der Waals surface area (Å²) < 4.78 is -1.83. The maximum absolute atomic E-state index is 12.0. The Morgan fingerprint density at radius 3 is 2.19 bits per heavy atom. The van der Waals surface area contributed by atoms with Crippen molar-refractivity contribution < 1.29 is 4.79 Å². The summed E-state index contributed by atoms with van der Waals surface area (Å²) in [6, 6.07) is 3.00. The van der Waals surface area contributed by atoms with E-state index in [-0.39, 0.29) is 21.1 Å². The molecule has 0 radical (unpaired) electrons. The summed E-state index contributed by atoms with van der Waals surface area (Å²) in [5.74, 6) is -0.257. The molecule has 1 atom stereocenters. The number of unbranched alkanes of at least 4 members (excludes halogenated alkanes) is 2. The monoisotopic (exact) mass is 497 g/mol. The Labute approximate surface area is 188 Å². The average molecular weight is 500 g/mol. The molecule has 0 aliphatic heterocycles. The first-order valence-electron chi connectivity index (χ1n) is 7.62. The highest BCUT2D eigenvalue weighted by Gasteiger charge is 2.34. The predicted octanol–water partition coefficient (Wildman–Crippen LogP) is 6.33. The number of amides is 1. The van der Waals surface area contributed by atoms with E-state index in [4.69, 9.17) is 81.8 Å². The molecule has 1 rings (SSSR count). The van der Waals surface area contributed by atoms with Crippen molar-refractivity contribution in [2.45, 2.75) is 42.6 Å². The summed E-state index contributed by atoms with van der Waals surface area (Å²) in [4.78, 5) is 12.0. The topological polar surface area (TPSA) is 53.2 Å². The third-order valence-electron chi connectivity index (χ3n) is 3.16. The summed E-state index contributed by atoms with van der Waals surface area (Å²) >= 11 is 41.0. The van der Waals surface area contributed by atoms with Crippen LogP contribution in [-0.4, -0.2) is 21.0 Å². The molecule has 0 bridgehead atoms. The number of alkyl halides is 3. The van der Waals surface area contributed by atoms with Gasteiger partial charge in [0.1, 0.15) is 6.17 Å². The second-order valence-electron chi connectivity index (χ2n) is 5.34. The van der Waals surface area contributed by atoms with E-state index in [1.165, 1.54) is 12.1 Å². The zero-order chi connectivity index (χ0) is 19.9. The van der Waals surface area contributed by atoms with E-state index >= 15 is 0 Å². The first-order valence-corrected chi connectivity index (χ1v) is 10.3. The van der Waals surface area contributed by atoms with Crippen LogP contribution in [0.2, 0.25) is 15.1 Å². The molecule has 0 spiro atoms. The van der Waals surface area contributed by atoms with E-state index < -0.39 is 9.96 Å². The molecule has 3 N–H and O–H groups in total. The standard InChI is InChI=1S/C15H17Cl6N3OS/c1-2-3-4-5-11(25)22-13(15(19,20)21)24-14(26)23-12-9(17)6-8(16)7-10(12)18/h6-7,13H,2-5H2,1H3,(H,22,25)(H2,23,24,26)/t13-/m1/s1. The second-order valence-corrected chi connectivity index (χ2v) is 9.37. The van der Waals surface area contributed by atoms with E-state index in [0.29, 0.717) is 17.1 Å². The summed E-state index contributed by atoms with van der Waals surface area (Å²) in [6.07, 6.45) is 1.95. The average Bonchev–Trinajstić information content (AvgIpc) is 2.49. The Morgan fingerprint density at radius 2 is 1.69 bits per heavy atom. The van der Waals surface area contributed by atoms with Crippen molar-refractivity contribution in [3.63, 3.8) is 0 Å². The lowest BCUT2D eigenvalue weighted by Gasteiger charge is -2.28. The number of anilines is 1. The molecule has 1 aromatic rings. The van der Waals surface area contributed by atoms with Gasteiger partial charge in [-0.25, -0.2) is 0 Å². The number of carbonyl (C=O) groups excluding carboxylic acids is 1. The lowest BCUT2D eigenvalue weighted by atomic mass is 10.2. The van der Waals surface area contributed by atoms with Gasteiger partial charge in [-0.1, -0.05) is 89.4 Å². The molecule has 26 heavy (non-hydrogen) atoms. The van der Waals surface area contributed by atoms with Crippen LogP contribution in [0.5, 0.6) is 0 Å². The number of hydrogen-bond donors (Lipinski definition) is 3. The molecule has 4 nitrogen and oxygen atoms in total. The predicted molar refractivity (Wildman–Crippen MR) is 117 cm³/mol. The molecule has 0 saturated carbocycles. The van der Waals surface area contributed by atoms with Gasteiger partial charge in [0.2, 0.25) is 9.70 Å². The van der Waals surface area contributed by atoms with Crippen LogP contribution in [0.25, 0.3) is 0 Å². The molecule has 0 heterocycles. The van der Waals surface area contributed by atoms with Crippen molar-refractivity contribution in [2.75, 3.05) is 5.32 Å². The lowest BCUT2D eigenvalue weighted by Crippen LogP contribution is -2.56. The van der Waals surface area contributed by atoms with E-state index in [9.17, 15) is 4.79 Å². The van der Waals surface area contributed by atoms with Gasteiger partial charge in [-0.2, -0.15) is 0 Å². The fourth-order valence-electron chi connectivity index (χ4n) is 1.91. The Balaban J connectivity index is 2.76. The van der Waals surface area contributed by atoms with Crippen molar-refractivity contribution in [2.24, 2.45) is 0 Å². The molecule has 11 heteroatoms. The fourth-order valence-corrected chi connectivity index (χ4v) is 3.37. The minimum atomic E-state index is -1.83. The quantitative estimate of drug-likeness (QED) is 0.178. The van der Waals surface area contributed by atoms with Gasteiger partial charge in [0.25, 0.3) is 0 Å². The molecule has 0 aliphatic rings. The number of hydrogen-bond acceptors (Lipinski definition) is 2. The van der Waals surface area contributed by atoms with E-state index in [0.717, 1.165) is 19.3 Å². The highest BCUT2D eigenvalue weighted by Crippen LogP contribution is 2.34. The highest BCUT2D eigenvalue weighted by molar-refractivity contribution is 7.80. The molecule has 1 amide bonds. The lowest BCUT2D eigenvalue weighted by molar-refractivity contribution is -0.122.